The maximum atomic E-state index is 13.5. The first-order chi connectivity index (χ1) is 14.9. The number of hydrogen-bond acceptors (Lipinski definition) is 7. The predicted octanol–water partition coefficient (Wildman–Crippen LogP) is 3.18. The molecule has 0 fully saturated rings. The highest BCUT2D eigenvalue weighted by atomic mass is 32.1. The minimum absolute atomic E-state index is 0.184. The molecule has 31 heavy (non-hydrogen) atoms. The fourth-order valence-electron chi connectivity index (χ4n) is 3.59. The minimum atomic E-state index is -0.551. The Bertz CT molecular complexity index is 1350. The number of methoxy groups -OCH3 is 1. The number of esters is 1. The summed E-state index contributed by atoms with van der Waals surface area (Å²) in [4.78, 5) is 32.3. The number of allylic oxidation sites excluding steroid dienone is 1. The Balaban J connectivity index is 1.92. The van der Waals surface area contributed by atoms with Gasteiger partial charge in [0, 0.05) is 4.88 Å². The third-order valence-corrected chi connectivity index (χ3v) is 6.97. The van der Waals surface area contributed by atoms with Gasteiger partial charge in [-0.05, 0) is 55.5 Å². The van der Waals surface area contributed by atoms with E-state index in [1.807, 2.05) is 48.7 Å². The van der Waals surface area contributed by atoms with Gasteiger partial charge in [-0.15, -0.1) is 11.3 Å². The maximum Gasteiger partial charge on any atom is 0.338 e. The van der Waals surface area contributed by atoms with E-state index < -0.39 is 12.0 Å². The molecular weight excluding hydrogens is 432 g/mol. The van der Waals surface area contributed by atoms with Crippen molar-refractivity contribution in [1.29, 1.82) is 0 Å². The standard InChI is InChI=1S/C23H22N2O4S2/c1-5-29-22(27)19-14(3)24-23-25(20(19)17-7-6-10-30-17)21(26)18(31-23)12-15-9-8-13(2)16(11-15)28-4/h6-12,20H,5H2,1-4H3/b18-12+/t20-/m0/s1. The second kappa shape index (κ2) is 8.64. The summed E-state index contributed by atoms with van der Waals surface area (Å²) in [7, 11) is 1.63. The Morgan fingerprint density at radius 3 is 2.77 bits per heavy atom. The number of thiophene rings is 1. The van der Waals surface area contributed by atoms with Crippen LogP contribution < -0.4 is 19.6 Å². The van der Waals surface area contributed by atoms with Gasteiger partial charge in [-0.25, -0.2) is 9.79 Å². The molecule has 2 aromatic heterocycles. The van der Waals surface area contributed by atoms with Crippen molar-refractivity contribution in [1.82, 2.24) is 4.57 Å². The molecule has 0 unspecified atom stereocenters. The number of aryl methyl sites for hydroxylation is 1. The molecule has 3 heterocycles. The number of ether oxygens (including phenoxy) is 2. The van der Waals surface area contributed by atoms with Gasteiger partial charge in [0.2, 0.25) is 0 Å². The molecule has 0 saturated heterocycles. The molecule has 0 N–H and O–H groups in total. The van der Waals surface area contributed by atoms with Crippen LogP contribution in [0, 0.1) is 6.92 Å². The van der Waals surface area contributed by atoms with Crippen LogP contribution in [0.15, 0.2) is 56.8 Å². The summed E-state index contributed by atoms with van der Waals surface area (Å²) >= 11 is 2.81. The van der Waals surface area contributed by atoms with Gasteiger partial charge in [0.25, 0.3) is 5.56 Å². The van der Waals surface area contributed by atoms with E-state index in [2.05, 4.69) is 4.99 Å². The van der Waals surface area contributed by atoms with Gasteiger partial charge in [-0.2, -0.15) is 0 Å². The molecule has 1 atom stereocenters. The topological polar surface area (TPSA) is 69.9 Å². The van der Waals surface area contributed by atoms with E-state index in [9.17, 15) is 9.59 Å². The average Bonchev–Trinajstić information content (AvgIpc) is 3.37. The van der Waals surface area contributed by atoms with Crippen molar-refractivity contribution in [3.63, 3.8) is 0 Å². The summed E-state index contributed by atoms with van der Waals surface area (Å²) in [5.41, 5.74) is 2.67. The summed E-state index contributed by atoms with van der Waals surface area (Å²) in [6, 6.07) is 9.09. The maximum absolute atomic E-state index is 13.5. The molecule has 4 rings (SSSR count). The van der Waals surface area contributed by atoms with Gasteiger partial charge < -0.3 is 9.47 Å². The van der Waals surface area contributed by atoms with Gasteiger partial charge in [-0.3, -0.25) is 9.36 Å². The van der Waals surface area contributed by atoms with E-state index in [0.717, 1.165) is 21.8 Å². The first-order valence-electron chi connectivity index (χ1n) is 9.82. The molecule has 0 bridgehead atoms. The van der Waals surface area contributed by atoms with Crippen molar-refractivity contribution in [3.05, 3.63) is 82.7 Å². The van der Waals surface area contributed by atoms with Crippen LogP contribution in [-0.2, 0) is 9.53 Å². The summed E-state index contributed by atoms with van der Waals surface area (Å²) in [5.74, 6) is 0.318. The third-order valence-electron chi connectivity index (χ3n) is 5.06. The van der Waals surface area contributed by atoms with E-state index in [1.54, 1.807) is 25.5 Å². The molecule has 1 aliphatic rings. The van der Waals surface area contributed by atoms with Crippen LogP contribution in [0.1, 0.15) is 35.9 Å². The number of carbonyl (C=O) groups excluding carboxylic acids is 1. The number of nitrogens with zero attached hydrogens (tertiary/aromatic N) is 2. The molecule has 6 nitrogen and oxygen atoms in total. The number of benzene rings is 1. The van der Waals surface area contributed by atoms with Crippen LogP contribution in [0.5, 0.6) is 5.75 Å². The average molecular weight is 455 g/mol. The van der Waals surface area contributed by atoms with Crippen molar-refractivity contribution in [2.24, 2.45) is 4.99 Å². The Labute approximate surface area is 187 Å². The lowest BCUT2D eigenvalue weighted by Crippen LogP contribution is -2.39. The zero-order chi connectivity index (χ0) is 22.1. The molecule has 3 aromatic rings. The Kier molecular flexibility index (Phi) is 5.93. The second-order valence-corrected chi connectivity index (χ2v) is 9.04. The zero-order valence-electron chi connectivity index (χ0n) is 17.7. The van der Waals surface area contributed by atoms with Gasteiger partial charge in [0.05, 0.1) is 29.5 Å². The lowest BCUT2D eigenvalue weighted by molar-refractivity contribution is -0.139. The molecule has 0 radical (unpaired) electrons. The number of rotatable bonds is 5. The summed E-state index contributed by atoms with van der Waals surface area (Å²) < 4.78 is 12.8. The van der Waals surface area contributed by atoms with E-state index in [0.29, 0.717) is 20.6 Å². The first-order valence-corrected chi connectivity index (χ1v) is 11.5. The Hall–Kier alpha value is -2.97. The van der Waals surface area contributed by atoms with Gasteiger partial charge >= 0.3 is 5.97 Å². The van der Waals surface area contributed by atoms with Crippen LogP contribution in [0.3, 0.4) is 0 Å². The van der Waals surface area contributed by atoms with Crippen LogP contribution in [0.4, 0.5) is 0 Å². The van der Waals surface area contributed by atoms with Crippen molar-refractivity contribution in [2.45, 2.75) is 26.8 Å². The van der Waals surface area contributed by atoms with Crippen molar-refractivity contribution < 1.29 is 14.3 Å². The van der Waals surface area contributed by atoms with E-state index in [1.165, 1.54) is 22.7 Å². The van der Waals surface area contributed by atoms with Gasteiger partial charge in [0.1, 0.15) is 11.8 Å². The number of hydrogen-bond donors (Lipinski definition) is 0. The highest BCUT2D eigenvalue weighted by Crippen LogP contribution is 2.33. The lowest BCUT2D eigenvalue weighted by Gasteiger charge is -2.23. The van der Waals surface area contributed by atoms with Gasteiger partial charge in [0.15, 0.2) is 4.80 Å². The lowest BCUT2D eigenvalue weighted by atomic mass is 10.0. The van der Waals surface area contributed by atoms with Crippen molar-refractivity contribution in [2.75, 3.05) is 13.7 Å². The minimum Gasteiger partial charge on any atom is -0.496 e. The van der Waals surface area contributed by atoms with E-state index in [-0.39, 0.29) is 12.2 Å². The van der Waals surface area contributed by atoms with Crippen LogP contribution in [-0.4, -0.2) is 24.3 Å². The van der Waals surface area contributed by atoms with Crippen molar-refractivity contribution in [3.8, 4) is 5.75 Å². The molecule has 0 saturated carbocycles. The normalized spacial score (nSPS) is 16.1. The molecule has 0 aliphatic carbocycles. The number of carbonyl (C=O) groups is 1. The van der Waals surface area contributed by atoms with Crippen molar-refractivity contribution >= 4 is 34.7 Å². The van der Waals surface area contributed by atoms with E-state index >= 15 is 0 Å². The van der Waals surface area contributed by atoms with Crippen LogP contribution in [0.2, 0.25) is 0 Å². The summed E-state index contributed by atoms with van der Waals surface area (Å²) in [6.45, 7) is 5.78. The van der Waals surface area contributed by atoms with Crippen LogP contribution >= 0.6 is 22.7 Å². The van der Waals surface area contributed by atoms with E-state index in [4.69, 9.17) is 9.47 Å². The molecule has 8 heteroatoms. The smallest absolute Gasteiger partial charge is 0.338 e. The molecule has 1 aliphatic heterocycles. The number of aromatic nitrogens is 1. The summed E-state index contributed by atoms with van der Waals surface area (Å²) in [5, 5.41) is 1.93. The monoisotopic (exact) mass is 454 g/mol. The molecule has 0 amide bonds. The largest absolute Gasteiger partial charge is 0.496 e. The zero-order valence-corrected chi connectivity index (χ0v) is 19.3. The molecule has 0 spiro atoms. The SMILES string of the molecule is CCOC(=O)C1=C(C)N=c2s/c(=C/c3ccc(C)c(OC)c3)c(=O)n2[C@H]1c1cccs1. The second-order valence-electron chi connectivity index (χ2n) is 7.05. The molecule has 1 aromatic carbocycles. The fraction of sp³-hybridized carbons (Fsp3) is 0.261. The summed E-state index contributed by atoms with van der Waals surface area (Å²) in [6.07, 6.45) is 1.83. The molecule has 160 valence electrons. The molecular formula is C23H22N2O4S2. The number of fused-ring (bicyclic) bond motifs is 1. The first kappa shape index (κ1) is 21.3. The Morgan fingerprint density at radius 2 is 2.10 bits per heavy atom. The number of thiazole rings is 1. The highest BCUT2D eigenvalue weighted by molar-refractivity contribution is 7.10. The van der Waals surface area contributed by atoms with Gasteiger partial charge in [-0.1, -0.05) is 29.5 Å². The highest BCUT2D eigenvalue weighted by Gasteiger charge is 2.33. The quantitative estimate of drug-likeness (QED) is 0.556. The van der Waals surface area contributed by atoms with Crippen LogP contribution in [0.25, 0.3) is 6.08 Å². The fourth-order valence-corrected chi connectivity index (χ4v) is 5.46. The third kappa shape index (κ3) is 3.88. The Morgan fingerprint density at radius 1 is 1.29 bits per heavy atom. The predicted molar refractivity (Wildman–Crippen MR) is 122 cm³/mol.